The second kappa shape index (κ2) is 13.9. The molecule has 1 aliphatic carbocycles. The fourth-order valence-electron chi connectivity index (χ4n) is 6.59. The van der Waals surface area contributed by atoms with E-state index in [0.717, 1.165) is 101 Å². The third-order valence-electron chi connectivity index (χ3n) is 9.03. The quantitative estimate of drug-likeness (QED) is 0.111. The monoisotopic (exact) mass is 570 g/mol. The Balaban J connectivity index is 0.00000370. The van der Waals surface area contributed by atoms with E-state index >= 15 is 0 Å². The smallest absolute Gasteiger partial charge is 0.310 e. The van der Waals surface area contributed by atoms with E-state index in [4.69, 9.17) is 9.11 Å². The molecule has 2 aromatic rings. The Morgan fingerprint density at radius 3 is 2.42 bits per heavy atom. The minimum atomic E-state index is -0.107. The molecule has 3 heterocycles. The van der Waals surface area contributed by atoms with Crippen LogP contribution in [0.3, 0.4) is 0 Å². The molecule has 0 bridgehead atoms. The number of likely N-dealkylation sites (tertiary alicyclic amines) is 1. The second-order valence-electron chi connectivity index (χ2n) is 11.6. The van der Waals surface area contributed by atoms with Gasteiger partial charge in [0.15, 0.2) is 5.82 Å². The summed E-state index contributed by atoms with van der Waals surface area (Å²) in [5, 5.41) is 1.20. The SMILES string of the molecule is CCCCCC(=O)OC[N+]1(CCCCN2C(=O)C3CCCCC3C2=O)CCN(c2nsc3ccccc23)CC1.[CH3-]. The van der Waals surface area contributed by atoms with E-state index in [2.05, 4.69) is 36.1 Å². The first-order valence-electron chi connectivity index (χ1n) is 15.0. The third-order valence-corrected chi connectivity index (χ3v) is 9.84. The van der Waals surface area contributed by atoms with Crippen LogP contribution >= 0.6 is 11.5 Å². The summed E-state index contributed by atoms with van der Waals surface area (Å²) >= 11 is 1.54. The van der Waals surface area contributed by atoms with Crippen LogP contribution in [-0.4, -0.2) is 77.5 Å². The van der Waals surface area contributed by atoms with Gasteiger partial charge in [0, 0.05) is 18.4 Å². The first-order chi connectivity index (χ1) is 19.0. The Labute approximate surface area is 243 Å². The molecule has 0 radical (unpaired) electrons. The highest BCUT2D eigenvalue weighted by Crippen LogP contribution is 2.38. The zero-order valence-electron chi connectivity index (χ0n) is 24.3. The van der Waals surface area contributed by atoms with Crippen molar-refractivity contribution in [1.82, 2.24) is 9.27 Å². The van der Waals surface area contributed by atoms with E-state index in [1.807, 2.05) is 0 Å². The zero-order valence-corrected chi connectivity index (χ0v) is 25.1. The summed E-state index contributed by atoms with van der Waals surface area (Å²) in [5.41, 5.74) is 0. The summed E-state index contributed by atoms with van der Waals surface area (Å²) in [6.45, 7) is 7.37. The molecular weight excluding hydrogens is 524 g/mol. The second-order valence-corrected chi connectivity index (χ2v) is 12.4. The Bertz CT molecular complexity index is 1140. The molecule has 8 nitrogen and oxygen atoms in total. The molecule has 2 unspecified atom stereocenters. The summed E-state index contributed by atoms with van der Waals surface area (Å²) in [7, 11) is 0. The fraction of sp³-hybridized carbons (Fsp3) is 0.645. The average molecular weight is 571 g/mol. The molecule has 220 valence electrons. The van der Waals surface area contributed by atoms with Crippen molar-refractivity contribution < 1.29 is 23.6 Å². The van der Waals surface area contributed by atoms with Gasteiger partial charge in [-0.15, -0.1) is 0 Å². The number of amides is 2. The number of rotatable bonds is 12. The van der Waals surface area contributed by atoms with E-state index < -0.39 is 0 Å². The van der Waals surface area contributed by atoms with Crippen molar-refractivity contribution in [2.24, 2.45) is 11.8 Å². The molecule has 2 saturated heterocycles. The number of nitrogens with zero attached hydrogens (tertiary/aromatic N) is 4. The molecule has 1 aromatic heterocycles. The van der Waals surface area contributed by atoms with Crippen LogP contribution in [0.5, 0.6) is 0 Å². The number of imide groups is 1. The number of benzene rings is 1. The van der Waals surface area contributed by atoms with Gasteiger partial charge in [-0.05, 0) is 55.8 Å². The van der Waals surface area contributed by atoms with E-state index in [9.17, 15) is 14.4 Å². The Morgan fingerprint density at radius 2 is 1.73 bits per heavy atom. The van der Waals surface area contributed by atoms with Crippen LogP contribution in [-0.2, 0) is 19.1 Å². The molecule has 40 heavy (non-hydrogen) atoms. The van der Waals surface area contributed by atoms with Gasteiger partial charge in [0.1, 0.15) is 0 Å². The number of carbonyl (C=O) groups excluding carboxylic acids is 3. The molecule has 2 aliphatic heterocycles. The van der Waals surface area contributed by atoms with E-state index in [-0.39, 0.29) is 37.0 Å². The molecular formula is C31H46N4O4S. The van der Waals surface area contributed by atoms with Gasteiger partial charge >= 0.3 is 5.97 Å². The molecule has 0 spiro atoms. The summed E-state index contributed by atoms with van der Waals surface area (Å²) in [6.07, 6.45) is 8.99. The van der Waals surface area contributed by atoms with Gasteiger partial charge in [0.25, 0.3) is 0 Å². The van der Waals surface area contributed by atoms with Gasteiger partial charge < -0.3 is 17.1 Å². The topological polar surface area (TPSA) is 79.8 Å². The van der Waals surface area contributed by atoms with Gasteiger partial charge in [-0.1, -0.05) is 44.7 Å². The van der Waals surface area contributed by atoms with Gasteiger partial charge in [-0.2, -0.15) is 4.37 Å². The predicted molar refractivity (Wildman–Crippen MR) is 160 cm³/mol. The highest BCUT2D eigenvalue weighted by Gasteiger charge is 2.47. The summed E-state index contributed by atoms with van der Waals surface area (Å²) in [6, 6.07) is 8.37. The largest absolute Gasteiger partial charge is 0.415 e. The van der Waals surface area contributed by atoms with Crippen molar-refractivity contribution in [3.05, 3.63) is 31.7 Å². The van der Waals surface area contributed by atoms with Crippen molar-refractivity contribution in [3.8, 4) is 0 Å². The summed E-state index contributed by atoms with van der Waals surface area (Å²) in [5.74, 6) is 0.901. The lowest BCUT2D eigenvalue weighted by molar-refractivity contribution is -0.944. The number of fused-ring (bicyclic) bond motifs is 2. The number of hydrogen-bond donors (Lipinski definition) is 0. The molecule has 9 heteroatoms. The maximum Gasteiger partial charge on any atom is 0.310 e. The molecule has 2 atom stereocenters. The van der Waals surface area contributed by atoms with Crippen LogP contribution < -0.4 is 4.90 Å². The van der Waals surface area contributed by atoms with Crippen molar-refractivity contribution in [3.63, 3.8) is 0 Å². The summed E-state index contributed by atoms with van der Waals surface area (Å²) in [4.78, 5) is 42.1. The van der Waals surface area contributed by atoms with Crippen LogP contribution in [0, 0.1) is 19.3 Å². The number of carbonyl (C=O) groups is 3. The maximum absolute atomic E-state index is 12.9. The number of quaternary nitrogens is 1. The first kappa shape index (κ1) is 30.4. The van der Waals surface area contributed by atoms with Crippen LogP contribution in [0.4, 0.5) is 5.82 Å². The molecule has 3 fully saturated rings. The molecule has 1 aromatic carbocycles. The average Bonchev–Trinajstić information content (AvgIpc) is 3.50. The summed E-state index contributed by atoms with van der Waals surface area (Å²) < 4.78 is 12.5. The van der Waals surface area contributed by atoms with Crippen LogP contribution in [0.1, 0.15) is 71.1 Å². The lowest BCUT2D eigenvalue weighted by Crippen LogP contribution is -2.61. The minimum absolute atomic E-state index is 0. The number of hydrogen-bond acceptors (Lipinski definition) is 7. The van der Waals surface area contributed by atoms with Crippen molar-refractivity contribution in [2.45, 2.75) is 71.1 Å². The van der Waals surface area contributed by atoms with Crippen LogP contribution in [0.15, 0.2) is 24.3 Å². The van der Waals surface area contributed by atoms with Crippen LogP contribution in [0.25, 0.3) is 10.1 Å². The standard InChI is InChI=1S/C30H43N4O4S.CH3/c1-2-3-4-15-27(35)38-22-34(19-10-9-16-33-29(36)23-11-5-6-12-24(23)30(33)37)20-17-32(18-21-34)28-25-13-7-8-14-26(25)39-31-28;/h7-8,13-14,23-24H,2-6,9-12,15-22H2,1H3;1H3/q+1;-1. The van der Waals surface area contributed by atoms with Gasteiger partial charge in [0.05, 0.1) is 49.3 Å². The van der Waals surface area contributed by atoms with Crippen LogP contribution in [0.2, 0.25) is 0 Å². The number of aromatic nitrogens is 1. The maximum atomic E-state index is 12.9. The van der Waals surface area contributed by atoms with Gasteiger partial charge in [-0.25, -0.2) is 0 Å². The number of esters is 1. The molecule has 5 rings (SSSR count). The minimum Gasteiger partial charge on any atom is -0.415 e. The molecule has 0 N–H and O–H groups in total. The Kier molecular flexibility index (Phi) is 10.6. The number of ether oxygens (including phenoxy) is 1. The zero-order chi connectivity index (χ0) is 27.2. The fourth-order valence-corrected chi connectivity index (χ4v) is 7.38. The predicted octanol–water partition coefficient (Wildman–Crippen LogP) is 5.42. The van der Waals surface area contributed by atoms with Gasteiger partial charge in [-0.3, -0.25) is 23.8 Å². The first-order valence-corrected chi connectivity index (χ1v) is 15.7. The van der Waals surface area contributed by atoms with Crippen molar-refractivity contribution in [2.75, 3.05) is 50.9 Å². The van der Waals surface area contributed by atoms with Crippen molar-refractivity contribution in [1.29, 1.82) is 0 Å². The molecule has 2 amide bonds. The van der Waals surface area contributed by atoms with E-state index in [1.165, 1.54) is 10.1 Å². The molecule has 3 aliphatic rings. The Hall–Kier alpha value is -2.52. The number of anilines is 1. The third kappa shape index (κ3) is 6.68. The number of piperazine rings is 1. The van der Waals surface area contributed by atoms with E-state index in [1.54, 1.807) is 16.4 Å². The lowest BCUT2D eigenvalue weighted by atomic mass is 9.81. The number of unbranched alkanes of at least 4 members (excludes halogenated alkanes) is 3. The van der Waals surface area contributed by atoms with Gasteiger partial charge in [0.2, 0.25) is 18.5 Å². The Morgan fingerprint density at radius 1 is 1.02 bits per heavy atom. The van der Waals surface area contributed by atoms with Crippen molar-refractivity contribution >= 4 is 45.2 Å². The van der Waals surface area contributed by atoms with E-state index in [0.29, 0.717) is 19.7 Å². The molecule has 1 saturated carbocycles. The normalized spacial score (nSPS) is 22.3. The highest BCUT2D eigenvalue weighted by atomic mass is 32.1. The lowest BCUT2D eigenvalue weighted by Gasteiger charge is -2.44. The highest BCUT2D eigenvalue weighted by molar-refractivity contribution is 7.13.